The van der Waals surface area contributed by atoms with Crippen molar-refractivity contribution in [3.63, 3.8) is 0 Å². The summed E-state index contributed by atoms with van der Waals surface area (Å²) in [5.41, 5.74) is 0.875. The van der Waals surface area contributed by atoms with E-state index in [1.54, 1.807) is 23.2 Å². The molecule has 2 aromatic rings. The van der Waals surface area contributed by atoms with E-state index in [-0.39, 0.29) is 16.9 Å². The molecule has 0 radical (unpaired) electrons. The molecule has 0 aromatic carbocycles. The zero-order chi connectivity index (χ0) is 13.2. The van der Waals surface area contributed by atoms with Gasteiger partial charge in [-0.1, -0.05) is 6.07 Å². The molecule has 0 N–H and O–H groups in total. The molecule has 1 fully saturated rings. The van der Waals surface area contributed by atoms with Crippen LogP contribution >= 0.6 is 11.6 Å². The standard InChI is InChI=1S/C14H13ClN2O2/c15-13-7-6-12(19-13)14(18)17(11-4-5-11)9-10-3-1-2-8-16-10/h1-3,6-8,11H,4-5,9H2. The van der Waals surface area contributed by atoms with E-state index in [0.29, 0.717) is 12.6 Å². The third kappa shape index (κ3) is 2.79. The van der Waals surface area contributed by atoms with Crippen LogP contribution in [0.25, 0.3) is 0 Å². The Morgan fingerprint density at radius 2 is 2.21 bits per heavy atom. The normalized spacial score (nSPS) is 14.4. The summed E-state index contributed by atoms with van der Waals surface area (Å²) in [6, 6.07) is 9.18. The van der Waals surface area contributed by atoms with Gasteiger partial charge in [-0.25, -0.2) is 0 Å². The first-order valence-electron chi connectivity index (χ1n) is 6.20. The molecule has 98 valence electrons. The van der Waals surface area contributed by atoms with Gasteiger partial charge in [0.15, 0.2) is 11.0 Å². The fourth-order valence-electron chi connectivity index (χ4n) is 1.99. The molecule has 19 heavy (non-hydrogen) atoms. The van der Waals surface area contributed by atoms with E-state index in [0.717, 1.165) is 18.5 Å². The molecule has 0 spiro atoms. The maximum atomic E-state index is 12.4. The van der Waals surface area contributed by atoms with Gasteiger partial charge in [-0.3, -0.25) is 9.78 Å². The second-order valence-corrected chi connectivity index (χ2v) is 4.96. The van der Waals surface area contributed by atoms with Gasteiger partial charge < -0.3 is 9.32 Å². The molecule has 0 atom stereocenters. The highest BCUT2D eigenvalue weighted by Crippen LogP contribution is 2.30. The first-order chi connectivity index (χ1) is 9.24. The third-order valence-electron chi connectivity index (χ3n) is 3.09. The molecule has 1 amide bonds. The number of nitrogens with zero attached hydrogens (tertiary/aromatic N) is 2. The Morgan fingerprint density at radius 1 is 1.37 bits per heavy atom. The molecule has 2 heterocycles. The van der Waals surface area contributed by atoms with Gasteiger partial charge in [0.05, 0.1) is 12.2 Å². The van der Waals surface area contributed by atoms with Crippen LogP contribution in [0, 0.1) is 0 Å². The SMILES string of the molecule is O=C(c1ccc(Cl)o1)N(Cc1ccccn1)C1CC1. The summed E-state index contributed by atoms with van der Waals surface area (Å²) in [4.78, 5) is 18.5. The van der Waals surface area contributed by atoms with Crippen molar-refractivity contribution in [3.05, 3.63) is 53.2 Å². The lowest BCUT2D eigenvalue weighted by molar-refractivity contribution is 0.0695. The molecule has 5 heteroatoms. The molecule has 1 aliphatic rings. The van der Waals surface area contributed by atoms with Crippen molar-refractivity contribution < 1.29 is 9.21 Å². The molecular formula is C14H13ClN2O2. The summed E-state index contributed by atoms with van der Waals surface area (Å²) in [6.07, 6.45) is 3.80. The van der Waals surface area contributed by atoms with E-state index in [2.05, 4.69) is 4.98 Å². The second kappa shape index (κ2) is 5.05. The summed E-state index contributed by atoms with van der Waals surface area (Å²) < 4.78 is 5.20. The molecular weight excluding hydrogens is 264 g/mol. The van der Waals surface area contributed by atoms with E-state index >= 15 is 0 Å². The van der Waals surface area contributed by atoms with Gasteiger partial charge >= 0.3 is 0 Å². The van der Waals surface area contributed by atoms with Crippen LogP contribution in [0.5, 0.6) is 0 Å². The average Bonchev–Trinajstić information content (AvgIpc) is 3.18. The topological polar surface area (TPSA) is 46.3 Å². The zero-order valence-electron chi connectivity index (χ0n) is 10.3. The van der Waals surface area contributed by atoms with Crippen molar-refractivity contribution in [2.45, 2.75) is 25.4 Å². The Labute approximate surface area is 116 Å². The van der Waals surface area contributed by atoms with E-state index in [4.69, 9.17) is 16.0 Å². The van der Waals surface area contributed by atoms with Crippen LogP contribution in [0.1, 0.15) is 29.1 Å². The lowest BCUT2D eigenvalue weighted by Gasteiger charge is -2.20. The number of aromatic nitrogens is 1. The number of pyridine rings is 1. The first-order valence-corrected chi connectivity index (χ1v) is 6.58. The first kappa shape index (κ1) is 12.2. The quantitative estimate of drug-likeness (QED) is 0.862. The summed E-state index contributed by atoms with van der Waals surface area (Å²) in [5.74, 6) is 0.160. The molecule has 0 unspecified atom stereocenters. The van der Waals surface area contributed by atoms with Crippen LogP contribution in [0.3, 0.4) is 0 Å². The summed E-state index contributed by atoms with van der Waals surface area (Å²) in [7, 11) is 0. The highest BCUT2D eigenvalue weighted by Gasteiger charge is 2.34. The van der Waals surface area contributed by atoms with Crippen molar-refractivity contribution in [1.82, 2.24) is 9.88 Å². The number of amides is 1. The molecule has 0 bridgehead atoms. The molecule has 0 saturated heterocycles. The minimum Gasteiger partial charge on any atom is -0.440 e. The summed E-state index contributed by atoms with van der Waals surface area (Å²) >= 11 is 5.71. The number of carbonyl (C=O) groups excluding carboxylic acids is 1. The predicted octanol–water partition coefficient (Wildman–Crippen LogP) is 3.13. The molecule has 3 rings (SSSR count). The monoisotopic (exact) mass is 276 g/mol. The maximum Gasteiger partial charge on any atom is 0.290 e. The lowest BCUT2D eigenvalue weighted by atomic mass is 10.3. The lowest BCUT2D eigenvalue weighted by Crippen LogP contribution is -2.32. The Hall–Kier alpha value is -1.81. The average molecular weight is 277 g/mol. The smallest absolute Gasteiger partial charge is 0.290 e. The molecule has 4 nitrogen and oxygen atoms in total. The largest absolute Gasteiger partial charge is 0.440 e. The van der Waals surface area contributed by atoms with Crippen LogP contribution in [0.2, 0.25) is 5.22 Å². The Kier molecular flexibility index (Phi) is 3.25. The van der Waals surface area contributed by atoms with Crippen molar-refractivity contribution in [3.8, 4) is 0 Å². The van der Waals surface area contributed by atoms with Gasteiger partial charge in [-0.15, -0.1) is 0 Å². The second-order valence-electron chi connectivity index (χ2n) is 4.59. The number of carbonyl (C=O) groups is 1. The summed E-state index contributed by atoms with van der Waals surface area (Å²) in [5, 5.41) is 0.233. The van der Waals surface area contributed by atoms with E-state index < -0.39 is 0 Å². The highest BCUT2D eigenvalue weighted by atomic mass is 35.5. The molecule has 2 aromatic heterocycles. The summed E-state index contributed by atoms with van der Waals surface area (Å²) in [6.45, 7) is 0.503. The van der Waals surface area contributed by atoms with Crippen molar-refractivity contribution in [2.75, 3.05) is 0 Å². The number of hydrogen-bond acceptors (Lipinski definition) is 3. The van der Waals surface area contributed by atoms with Gasteiger partial charge in [-0.05, 0) is 48.7 Å². The number of furan rings is 1. The maximum absolute atomic E-state index is 12.4. The minimum absolute atomic E-state index is 0.125. The van der Waals surface area contributed by atoms with Crippen LogP contribution in [0.4, 0.5) is 0 Å². The Bertz CT molecular complexity index is 578. The van der Waals surface area contributed by atoms with Gasteiger partial charge in [0.1, 0.15) is 0 Å². The van der Waals surface area contributed by atoms with Gasteiger partial charge in [0.25, 0.3) is 5.91 Å². The van der Waals surface area contributed by atoms with Crippen LogP contribution in [-0.2, 0) is 6.54 Å². The third-order valence-corrected chi connectivity index (χ3v) is 3.29. The molecule has 0 aliphatic heterocycles. The van der Waals surface area contributed by atoms with Gasteiger partial charge in [0, 0.05) is 12.2 Å². The van der Waals surface area contributed by atoms with Crippen LogP contribution in [-0.4, -0.2) is 21.8 Å². The van der Waals surface area contributed by atoms with Crippen molar-refractivity contribution >= 4 is 17.5 Å². The Morgan fingerprint density at radius 3 is 2.79 bits per heavy atom. The van der Waals surface area contributed by atoms with Crippen LogP contribution < -0.4 is 0 Å². The van der Waals surface area contributed by atoms with E-state index in [1.165, 1.54) is 0 Å². The predicted molar refractivity (Wildman–Crippen MR) is 70.9 cm³/mol. The number of halogens is 1. The van der Waals surface area contributed by atoms with Crippen molar-refractivity contribution in [2.24, 2.45) is 0 Å². The number of hydrogen-bond donors (Lipinski definition) is 0. The van der Waals surface area contributed by atoms with E-state index in [9.17, 15) is 4.79 Å². The van der Waals surface area contributed by atoms with Gasteiger partial charge in [0.2, 0.25) is 0 Å². The molecule has 1 aliphatic carbocycles. The van der Waals surface area contributed by atoms with E-state index in [1.807, 2.05) is 18.2 Å². The minimum atomic E-state index is -0.125. The van der Waals surface area contributed by atoms with Gasteiger partial charge in [-0.2, -0.15) is 0 Å². The fraction of sp³-hybridized carbons (Fsp3) is 0.286. The highest BCUT2D eigenvalue weighted by molar-refractivity contribution is 6.29. The zero-order valence-corrected chi connectivity index (χ0v) is 11.0. The van der Waals surface area contributed by atoms with Crippen molar-refractivity contribution in [1.29, 1.82) is 0 Å². The molecule has 1 saturated carbocycles. The Balaban J connectivity index is 1.79. The fourth-order valence-corrected chi connectivity index (χ4v) is 2.14. The number of rotatable bonds is 4. The van der Waals surface area contributed by atoms with Crippen LogP contribution in [0.15, 0.2) is 40.9 Å².